The number of ether oxygens (including phenoxy) is 2. The first kappa shape index (κ1) is 13.5. The largest absolute Gasteiger partial charge is 0.462 e. The molecule has 1 rings (SSSR count). The molecule has 0 aromatic carbocycles. The van der Waals surface area contributed by atoms with Gasteiger partial charge in [0.1, 0.15) is 6.10 Å². The van der Waals surface area contributed by atoms with Gasteiger partial charge in [0.2, 0.25) is 0 Å². The van der Waals surface area contributed by atoms with E-state index in [1.165, 1.54) is 0 Å². The average molecular weight is 229 g/mol. The lowest BCUT2D eigenvalue weighted by Gasteiger charge is -2.29. The molecule has 1 aliphatic rings. The minimum Gasteiger partial charge on any atom is -0.462 e. The molecule has 16 heavy (non-hydrogen) atoms. The maximum absolute atomic E-state index is 11.7. The van der Waals surface area contributed by atoms with Gasteiger partial charge in [-0.15, -0.1) is 0 Å². The van der Waals surface area contributed by atoms with E-state index in [2.05, 4.69) is 0 Å². The van der Waals surface area contributed by atoms with E-state index >= 15 is 0 Å². The maximum Gasteiger partial charge on any atom is 0.310 e. The van der Waals surface area contributed by atoms with E-state index < -0.39 is 0 Å². The Labute approximate surface area is 97.5 Å². The van der Waals surface area contributed by atoms with Gasteiger partial charge in [0, 0.05) is 19.6 Å². The summed E-state index contributed by atoms with van der Waals surface area (Å²) in [7, 11) is 1.71. The van der Waals surface area contributed by atoms with Crippen molar-refractivity contribution in [2.75, 3.05) is 7.11 Å². The molecule has 0 aliphatic heterocycles. The number of esters is 1. The third-order valence-corrected chi connectivity index (χ3v) is 3.35. The minimum atomic E-state index is -0.233. The van der Waals surface area contributed by atoms with Gasteiger partial charge in [0.15, 0.2) is 0 Å². The van der Waals surface area contributed by atoms with E-state index in [0.29, 0.717) is 0 Å². The fourth-order valence-electron chi connectivity index (χ4n) is 1.91. The lowest BCUT2D eigenvalue weighted by atomic mass is 9.94. The highest BCUT2D eigenvalue weighted by molar-refractivity contribution is 5.72. The van der Waals surface area contributed by atoms with Gasteiger partial charge in [0.05, 0.1) is 12.0 Å². The van der Waals surface area contributed by atoms with Crippen molar-refractivity contribution < 1.29 is 14.3 Å². The van der Waals surface area contributed by atoms with Crippen LogP contribution in [0.4, 0.5) is 0 Å². The van der Waals surface area contributed by atoms with Crippen molar-refractivity contribution in [1.29, 1.82) is 0 Å². The van der Waals surface area contributed by atoms with E-state index in [9.17, 15) is 4.79 Å². The first-order valence-electron chi connectivity index (χ1n) is 6.03. The van der Waals surface area contributed by atoms with Crippen molar-refractivity contribution in [1.82, 2.24) is 0 Å². The van der Waals surface area contributed by atoms with Crippen LogP contribution < -0.4 is 5.73 Å². The number of rotatable bonds is 4. The van der Waals surface area contributed by atoms with Gasteiger partial charge in [-0.2, -0.15) is 0 Å². The van der Waals surface area contributed by atoms with Gasteiger partial charge in [-0.1, -0.05) is 6.92 Å². The smallest absolute Gasteiger partial charge is 0.310 e. The van der Waals surface area contributed by atoms with Gasteiger partial charge < -0.3 is 15.2 Å². The van der Waals surface area contributed by atoms with Crippen LogP contribution in [-0.2, 0) is 14.3 Å². The molecule has 4 nitrogen and oxygen atoms in total. The van der Waals surface area contributed by atoms with Crippen LogP contribution >= 0.6 is 0 Å². The Balaban J connectivity index is 2.38. The molecule has 4 unspecified atom stereocenters. The zero-order chi connectivity index (χ0) is 12.1. The van der Waals surface area contributed by atoms with E-state index in [1.807, 2.05) is 13.8 Å². The third kappa shape index (κ3) is 3.76. The van der Waals surface area contributed by atoms with Gasteiger partial charge in [-0.25, -0.2) is 0 Å². The summed E-state index contributed by atoms with van der Waals surface area (Å²) in [6.45, 7) is 3.63. The summed E-state index contributed by atoms with van der Waals surface area (Å²) in [6.07, 6.45) is 4.12. The first-order valence-corrected chi connectivity index (χ1v) is 6.03. The molecule has 0 amide bonds. The summed E-state index contributed by atoms with van der Waals surface area (Å²) in [5, 5.41) is 0. The van der Waals surface area contributed by atoms with Crippen LogP contribution in [0.3, 0.4) is 0 Å². The number of carbonyl (C=O) groups excluding carboxylic acids is 1. The molecule has 0 heterocycles. The molecular formula is C12H23NO3. The molecule has 4 heteroatoms. The van der Waals surface area contributed by atoms with Crippen LogP contribution in [0, 0.1) is 5.92 Å². The van der Waals surface area contributed by atoms with Gasteiger partial charge >= 0.3 is 5.97 Å². The predicted molar refractivity (Wildman–Crippen MR) is 62.0 cm³/mol. The van der Waals surface area contributed by atoms with E-state index in [-0.39, 0.29) is 30.1 Å². The topological polar surface area (TPSA) is 61.5 Å². The molecule has 0 aromatic heterocycles. The molecular weight excluding hydrogens is 206 g/mol. The summed E-state index contributed by atoms with van der Waals surface area (Å²) in [5.74, 6) is -0.417. The Morgan fingerprint density at radius 2 is 1.94 bits per heavy atom. The first-order chi connectivity index (χ1) is 7.54. The SMILES string of the molecule is COC1CCCC(OC(=O)C(C)C(C)N)C1. The highest BCUT2D eigenvalue weighted by Crippen LogP contribution is 2.24. The monoisotopic (exact) mass is 229 g/mol. The third-order valence-electron chi connectivity index (χ3n) is 3.35. The number of hydrogen-bond donors (Lipinski definition) is 1. The fraction of sp³-hybridized carbons (Fsp3) is 0.917. The quantitative estimate of drug-likeness (QED) is 0.742. The van der Waals surface area contributed by atoms with Crippen molar-refractivity contribution in [3.8, 4) is 0 Å². The molecule has 94 valence electrons. The zero-order valence-electron chi connectivity index (χ0n) is 10.4. The average Bonchev–Trinajstić information content (AvgIpc) is 2.28. The van der Waals surface area contributed by atoms with Crippen LogP contribution in [0.15, 0.2) is 0 Å². The van der Waals surface area contributed by atoms with Crippen molar-refractivity contribution in [3.63, 3.8) is 0 Å². The van der Waals surface area contributed by atoms with Crippen LogP contribution in [-0.4, -0.2) is 31.3 Å². The predicted octanol–water partition coefficient (Wildman–Crippen LogP) is 1.47. The van der Waals surface area contributed by atoms with Crippen molar-refractivity contribution in [3.05, 3.63) is 0 Å². The number of methoxy groups -OCH3 is 1. The number of carbonyl (C=O) groups is 1. The second kappa shape index (κ2) is 6.21. The van der Waals surface area contributed by atoms with Gasteiger partial charge in [-0.3, -0.25) is 4.79 Å². The number of hydrogen-bond acceptors (Lipinski definition) is 4. The minimum absolute atomic E-state index is 0.00685. The second-order valence-electron chi connectivity index (χ2n) is 4.73. The maximum atomic E-state index is 11.7. The zero-order valence-corrected chi connectivity index (χ0v) is 10.4. The molecule has 2 N–H and O–H groups in total. The van der Waals surface area contributed by atoms with Crippen LogP contribution in [0.5, 0.6) is 0 Å². The van der Waals surface area contributed by atoms with Crippen LogP contribution in [0.25, 0.3) is 0 Å². The lowest BCUT2D eigenvalue weighted by molar-refractivity contribution is -0.157. The summed E-state index contributed by atoms with van der Waals surface area (Å²) in [6, 6.07) is -0.158. The van der Waals surface area contributed by atoms with Gasteiger partial charge in [0.25, 0.3) is 0 Å². The Bertz CT molecular complexity index is 230. The Hall–Kier alpha value is -0.610. The summed E-state index contributed by atoms with van der Waals surface area (Å²) >= 11 is 0. The molecule has 0 bridgehead atoms. The van der Waals surface area contributed by atoms with Crippen molar-refractivity contribution >= 4 is 5.97 Å². The normalized spacial score (nSPS) is 29.5. The molecule has 0 aromatic rings. The standard InChI is InChI=1S/C12H23NO3/c1-8(9(2)13)12(14)16-11-6-4-5-10(7-11)15-3/h8-11H,4-7,13H2,1-3H3. The molecule has 0 spiro atoms. The van der Waals surface area contributed by atoms with E-state index in [4.69, 9.17) is 15.2 Å². The highest BCUT2D eigenvalue weighted by atomic mass is 16.5. The lowest BCUT2D eigenvalue weighted by Crippen LogP contribution is -2.36. The molecule has 0 saturated heterocycles. The molecule has 1 aliphatic carbocycles. The van der Waals surface area contributed by atoms with E-state index in [0.717, 1.165) is 25.7 Å². The molecule has 1 saturated carbocycles. The van der Waals surface area contributed by atoms with Gasteiger partial charge in [-0.05, 0) is 26.2 Å². The second-order valence-corrected chi connectivity index (χ2v) is 4.73. The van der Waals surface area contributed by atoms with Crippen molar-refractivity contribution in [2.45, 2.75) is 57.8 Å². The summed E-state index contributed by atoms with van der Waals surface area (Å²) in [4.78, 5) is 11.7. The van der Waals surface area contributed by atoms with Crippen LogP contribution in [0.1, 0.15) is 39.5 Å². The van der Waals surface area contributed by atoms with Crippen LogP contribution in [0.2, 0.25) is 0 Å². The Kier molecular flexibility index (Phi) is 5.22. The Morgan fingerprint density at radius 1 is 1.31 bits per heavy atom. The Morgan fingerprint density at radius 3 is 2.50 bits per heavy atom. The molecule has 0 radical (unpaired) electrons. The highest BCUT2D eigenvalue weighted by Gasteiger charge is 2.27. The molecule has 1 fully saturated rings. The summed E-state index contributed by atoms with van der Waals surface area (Å²) in [5.41, 5.74) is 5.67. The number of nitrogens with two attached hydrogens (primary N) is 1. The fourth-order valence-corrected chi connectivity index (χ4v) is 1.91. The summed E-state index contributed by atoms with van der Waals surface area (Å²) < 4.78 is 10.7. The van der Waals surface area contributed by atoms with E-state index in [1.54, 1.807) is 7.11 Å². The molecule has 4 atom stereocenters. The van der Waals surface area contributed by atoms with Crippen molar-refractivity contribution in [2.24, 2.45) is 11.7 Å².